The number of hydrogen-bond donors (Lipinski definition) is 0. The SMILES string of the molecule is COC(=O)c1ccc2sccc2c1OCc1ccc(C(F)(F)F)cc1. The summed E-state index contributed by atoms with van der Waals surface area (Å²) in [6, 6.07) is 9.97. The van der Waals surface area contributed by atoms with Gasteiger partial charge in [-0.25, -0.2) is 4.79 Å². The second kappa shape index (κ2) is 6.76. The van der Waals surface area contributed by atoms with Crippen molar-refractivity contribution in [3.05, 3.63) is 64.5 Å². The normalized spacial score (nSPS) is 11.5. The first kappa shape index (κ1) is 17.3. The summed E-state index contributed by atoms with van der Waals surface area (Å²) in [4.78, 5) is 11.9. The lowest BCUT2D eigenvalue weighted by atomic mass is 10.1. The van der Waals surface area contributed by atoms with Crippen molar-refractivity contribution in [2.24, 2.45) is 0 Å². The van der Waals surface area contributed by atoms with Crippen LogP contribution in [0.5, 0.6) is 5.75 Å². The maximum Gasteiger partial charge on any atom is 0.416 e. The van der Waals surface area contributed by atoms with Gasteiger partial charge in [0.05, 0.1) is 12.7 Å². The van der Waals surface area contributed by atoms with Gasteiger partial charge in [0.2, 0.25) is 0 Å². The number of fused-ring (bicyclic) bond motifs is 1. The monoisotopic (exact) mass is 366 g/mol. The minimum atomic E-state index is -4.38. The van der Waals surface area contributed by atoms with Gasteiger partial charge in [0, 0.05) is 10.1 Å². The van der Waals surface area contributed by atoms with Gasteiger partial charge in [-0.15, -0.1) is 11.3 Å². The zero-order valence-corrected chi connectivity index (χ0v) is 13.9. The molecule has 7 heteroatoms. The molecule has 1 aromatic heterocycles. The Hall–Kier alpha value is -2.54. The highest BCUT2D eigenvalue weighted by Crippen LogP contribution is 2.34. The van der Waals surface area contributed by atoms with E-state index in [0.29, 0.717) is 11.3 Å². The maximum absolute atomic E-state index is 12.6. The van der Waals surface area contributed by atoms with Gasteiger partial charge in [-0.1, -0.05) is 12.1 Å². The number of benzene rings is 2. The molecule has 0 radical (unpaired) electrons. The predicted molar refractivity (Wildman–Crippen MR) is 88.9 cm³/mol. The number of methoxy groups -OCH3 is 1. The van der Waals surface area contributed by atoms with Crippen LogP contribution in [0.4, 0.5) is 13.2 Å². The fourth-order valence-corrected chi connectivity index (χ4v) is 3.17. The Balaban J connectivity index is 1.87. The van der Waals surface area contributed by atoms with Crippen LogP contribution in [0, 0.1) is 0 Å². The van der Waals surface area contributed by atoms with E-state index in [1.807, 2.05) is 11.4 Å². The van der Waals surface area contributed by atoms with Crippen LogP contribution >= 0.6 is 11.3 Å². The van der Waals surface area contributed by atoms with E-state index in [0.717, 1.165) is 22.2 Å². The van der Waals surface area contributed by atoms with Crippen molar-refractivity contribution in [3.63, 3.8) is 0 Å². The van der Waals surface area contributed by atoms with Crippen molar-refractivity contribution in [1.82, 2.24) is 0 Å². The Labute approximate surface area is 145 Å². The van der Waals surface area contributed by atoms with Crippen molar-refractivity contribution in [1.29, 1.82) is 0 Å². The summed E-state index contributed by atoms with van der Waals surface area (Å²) >= 11 is 1.50. The molecule has 3 rings (SSSR count). The molecule has 0 bridgehead atoms. The molecule has 3 aromatic rings. The molecule has 3 nitrogen and oxygen atoms in total. The first-order chi connectivity index (χ1) is 11.9. The zero-order valence-electron chi connectivity index (χ0n) is 13.1. The molecule has 0 atom stereocenters. The number of hydrogen-bond acceptors (Lipinski definition) is 4. The average molecular weight is 366 g/mol. The first-order valence-electron chi connectivity index (χ1n) is 7.27. The predicted octanol–water partition coefficient (Wildman–Crippen LogP) is 5.29. The van der Waals surface area contributed by atoms with Crippen LogP contribution < -0.4 is 4.74 Å². The molecule has 25 heavy (non-hydrogen) atoms. The third-order valence-corrected chi connectivity index (χ3v) is 4.54. The zero-order chi connectivity index (χ0) is 18.0. The molecule has 0 fully saturated rings. The summed E-state index contributed by atoms with van der Waals surface area (Å²) in [5.41, 5.74) is 0.128. The molecule has 1 heterocycles. The molecule has 0 saturated heterocycles. The molecule has 130 valence electrons. The minimum absolute atomic E-state index is 0.0388. The van der Waals surface area contributed by atoms with E-state index in [1.54, 1.807) is 12.1 Å². The molecule has 0 aliphatic heterocycles. The van der Waals surface area contributed by atoms with Crippen molar-refractivity contribution in [2.45, 2.75) is 12.8 Å². The second-order valence-electron chi connectivity index (χ2n) is 5.25. The Morgan fingerprint density at radius 2 is 1.80 bits per heavy atom. The van der Waals surface area contributed by atoms with Crippen LogP contribution in [0.25, 0.3) is 10.1 Å². The van der Waals surface area contributed by atoms with Crippen LogP contribution in [0.3, 0.4) is 0 Å². The Morgan fingerprint density at radius 3 is 2.44 bits per heavy atom. The molecule has 0 unspecified atom stereocenters. The highest BCUT2D eigenvalue weighted by Gasteiger charge is 2.30. The van der Waals surface area contributed by atoms with Crippen LogP contribution in [-0.4, -0.2) is 13.1 Å². The van der Waals surface area contributed by atoms with E-state index in [-0.39, 0.29) is 12.2 Å². The standard InChI is InChI=1S/C18H13F3O3S/c1-23-17(22)14-6-7-15-13(8-9-25-15)16(14)24-10-11-2-4-12(5-3-11)18(19,20)21/h2-9H,10H2,1H3. The second-order valence-corrected chi connectivity index (χ2v) is 6.20. The molecular formula is C18H13F3O3S. The molecule has 0 aliphatic carbocycles. The van der Waals surface area contributed by atoms with Crippen LogP contribution in [-0.2, 0) is 17.5 Å². The molecule has 0 spiro atoms. The maximum atomic E-state index is 12.6. The smallest absolute Gasteiger partial charge is 0.416 e. The van der Waals surface area contributed by atoms with E-state index < -0.39 is 17.7 Å². The van der Waals surface area contributed by atoms with Crippen molar-refractivity contribution < 1.29 is 27.4 Å². The number of halogens is 3. The van der Waals surface area contributed by atoms with Crippen LogP contribution in [0.1, 0.15) is 21.5 Å². The van der Waals surface area contributed by atoms with Gasteiger partial charge in [0.1, 0.15) is 17.9 Å². The summed E-state index contributed by atoms with van der Waals surface area (Å²) in [6.07, 6.45) is -4.38. The number of ether oxygens (including phenoxy) is 2. The molecule has 0 aliphatic rings. The molecule has 2 aromatic carbocycles. The van der Waals surface area contributed by atoms with Crippen molar-refractivity contribution >= 4 is 27.4 Å². The van der Waals surface area contributed by atoms with E-state index in [1.165, 1.54) is 30.6 Å². The lowest BCUT2D eigenvalue weighted by Gasteiger charge is -2.12. The Kier molecular flexibility index (Phi) is 4.67. The van der Waals surface area contributed by atoms with E-state index in [2.05, 4.69) is 0 Å². The topological polar surface area (TPSA) is 35.5 Å². The van der Waals surface area contributed by atoms with Gasteiger partial charge < -0.3 is 9.47 Å². The first-order valence-corrected chi connectivity index (χ1v) is 8.15. The fraction of sp³-hybridized carbons (Fsp3) is 0.167. The summed E-state index contributed by atoms with van der Waals surface area (Å²) < 4.78 is 49.3. The lowest BCUT2D eigenvalue weighted by molar-refractivity contribution is -0.137. The van der Waals surface area contributed by atoms with Gasteiger partial charge in [-0.3, -0.25) is 0 Å². The number of alkyl halides is 3. The van der Waals surface area contributed by atoms with Crippen molar-refractivity contribution in [3.8, 4) is 5.75 Å². The number of rotatable bonds is 4. The van der Waals surface area contributed by atoms with Gasteiger partial charge in [-0.2, -0.15) is 13.2 Å². The summed E-state index contributed by atoms with van der Waals surface area (Å²) in [5, 5.41) is 2.64. The average Bonchev–Trinajstić information content (AvgIpc) is 3.07. The summed E-state index contributed by atoms with van der Waals surface area (Å²) in [6.45, 7) is 0.0388. The lowest BCUT2D eigenvalue weighted by Crippen LogP contribution is -2.07. The van der Waals surface area contributed by atoms with Gasteiger partial charge in [0.25, 0.3) is 0 Å². The summed E-state index contributed by atoms with van der Waals surface area (Å²) in [7, 11) is 1.28. The van der Waals surface area contributed by atoms with Gasteiger partial charge in [-0.05, 0) is 41.3 Å². The quantitative estimate of drug-likeness (QED) is 0.589. The van der Waals surface area contributed by atoms with Crippen LogP contribution in [0.15, 0.2) is 47.8 Å². The van der Waals surface area contributed by atoms with Crippen molar-refractivity contribution in [2.75, 3.05) is 7.11 Å². The van der Waals surface area contributed by atoms with Gasteiger partial charge in [0.15, 0.2) is 0 Å². The Morgan fingerprint density at radius 1 is 1.08 bits per heavy atom. The van der Waals surface area contributed by atoms with Gasteiger partial charge >= 0.3 is 12.1 Å². The third kappa shape index (κ3) is 3.61. The number of carbonyl (C=O) groups is 1. The summed E-state index contributed by atoms with van der Waals surface area (Å²) in [5.74, 6) is -0.166. The Bertz CT molecular complexity index is 898. The highest BCUT2D eigenvalue weighted by atomic mass is 32.1. The minimum Gasteiger partial charge on any atom is -0.487 e. The molecule has 0 amide bonds. The van der Waals surface area contributed by atoms with E-state index in [9.17, 15) is 18.0 Å². The number of carbonyl (C=O) groups excluding carboxylic acids is 1. The van der Waals surface area contributed by atoms with Crippen LogP contribution in [0.2, 0.25) is 0 Å². The third-order valence-electron chi connectivity index (χ3n) is 3.66. The fourth-order valence-electron chi connectivity index (χ4n) is 2.39. The molecular weight excluding hydrogens is 353 g/mol. The number of esters is 1. The number of thiophene rings is 1. The molecule has 0 saturated carbocycles. The van der Waals surface area contributed by atoms with E-state index >= 15 is 0 Å². The molecule has 0 N–H and O–H groups in total. The van der Waals surface area contributed by atoms with E-state index in [4.69, 9.17) is 9.47 Å². The largest absolute Gasteiger partial charge is 0.487 e. The highest BCUT2D eigenvalue weighted by molar-refractivity contribution is 7.17.